The molecule has 4 aliphatic carbocycles. The van der Waals surface area contributed by atoms with E-state index < -0.39 is 0 Å². The van der Waals surface area contributed by atoms with Crippen LogP contribution in [0.5, 0.6) is 0 Å². The number of rotatable bonds is 0. The lowest BCUT2D eigenvalue weighted by Gasteiger charge is -2.54. The summed E-state index contributed by atoms with van der Waals surface area (Å²) in [5, 5.41) is 0. The zero-order valence-electron chi connectivity index (χ0n) is 6.97. The molecule has 0 aromatic heterocycles. The topological polar surface area (TPSA) is 26.0 Å². The first-order chi connectivity index (χ1) is 5.23. The van der Waals surface area contributed by atoms with Gasteiger partial charge in [0.15, 0.2) is 0 Å². The summed E-state index contributed by atoms with van der Waals surface area (Å²) < 4.78 is 0. The molecule has 61 valence electrons. The number of nitrogens with two attached hydrogens (primary N) is 1. The molecular weight excluding hydrogens is 134 g/mol. The van der Waals surface area contributed by atoms with Crippen molar-refractivity contribution in [2.45, 2.75) is 44.1 Å². The van der Waals surface area contributed by atoms with E-state index in [2.05, 4.69) is 0 Å². The summed E-state index contributed by atoms with van der Waals surface area (Å²) in [7, 11) is 0. The van der Waals surface area contributed by atoms with Crippen molar-refractivity contribution in [1.29, 1.82) is 0 Å². The molecule has 2 atom stereocenters. The Kier molecular flexibility index (Phi) is 1.07. The van der Waals surface area contributed by atoms with Crippen molar-refractivity contribution in [1.82, 2.24) is 0 Å². The van der Waals surface area contributed by atoms with Crippen LogP contribution in [0.3, 0.4) is 0 Å². The molecule has 0 aromatic rings. The highest BCUT2D eigenvalue weighted by Gasteiger charge is 2.48. The van der Waals surface area contributed by atoms with Gasteiger partial charge in [0.1, 0.15) is 0 Å². The molecule has 0 amide bonds. The van der Waals surface area contributed by atoms with Gasteiger partial charge in [0, 0.05) is 5.54 Å². The highest BCUT2D eigenvalue weighted by atomic mass is 14.8. The van der Waals surface area contributed by atoms with Gasteiger partial charge in [0.25, 0.3) is 0 Å². The predicted molar refractivity (Wildman–Crippen MR) is 44.8 cm³/mol. The van der Waals surface area contributed by atoms with E-state index in [1.165, 1.54) is 38.5 Å². The summed E-state index contributed by atoms with van der Waals surface area (Å²) in [4.78, 5) is 0. The highest BCUT2D eigenvalue weighted by Crippen LogP contribution is 2.55. The van der Waals surface area contributed by atoms with Gasteiger partial charge in [-0.3, -0.25) is 0 Å². The van der Waals surface area contributed by atoms with Gasteiger partial charge in [-0.1, -0.05) is 0 Å². The molecule has 0 heterocycles. The summed E-state index contributed by atoms with van der Waals surface area (Å²) in [6, 6.07) is 0. The van der Waals surface area contributed by atoms with Crippen molar-refractivity contribution in [2.75, 3.05) is 0 Å². The van der Waals surface area contributed by atoms with Crippen LogP contribution in [0.25, 0.3) is 0 Å². The second kappa shape index (κ2) is 1.82. The van der Waals surface area contributed by atoms with E-state index in [1.807, 2.05) is 0 Å². The number of hydrogen-bond donors (Lipinski definition) is 1. The fourth-order valence-electron chi connectivity index (χ4n) is 3.87. The summed E-state index contributed by atoms with van der Waals surface area (Å²) in [5.74, 6) is 3.76. The van der Waals surface area contributed by atoms with Gasteiger partial charge in [-0.2, -0.15) is 0 Å². The first-order valence-corrected chi connectivity index (χ1v) is 4.86. The van der Waals surface area contributed by atoms with E-state index in [0.29, 0.717) is 0 Å². The normalized spacial score (nSPS) is 55.4. The maximum absolute atomic E-state index is 6.30. The third-order valence-corrected chi connectivity index (χ3v) is 3.81. The largest absolute Gasteiger partial charge is 0.325 e. The quantitative estimate of drug-likeness (QED) is 0.560. The van der Waals surface area contributed by atoms with Crippen molar-refractivity contribution in [2.24, 2.45) is 17.6 Å². The fourth-order valence-corrected chi connectivity index (χ4v) is 3.87. The van der Waals surface area contributed by atoms with Crippen LogP contribution in [0.2, 0.25) is 0 Å². The van der Waals surface area contributed by atoms with E-state index in [4.69, 9.17) is 5.73 Å². The van der Waals surface area contributed by atoms with Gasteiger partial charge >= 0.3 is 0 Å². The molecular formula is C10H16N. The van der Waals surface area contributed by atoms with Gasteiger partial charge in [0.2, 0.25) is 0 Å². The van der Waals surface area contributed by atoms with Gasteiger partial charge in [-0.25, -0.2) is 0 Å². The molecule has 1 heteroatoms. The Labute approximate surface area is 68.3 Å². The first kappa shape index (κ1) is 6.47. The van der Waals surface area contributed by atoms with E-state index in [0.717, 1.165) is 11.8 Å². The lowest BCUT2D eigenvalue weighted by Crippen LogP contribution is -2.55. The highest BCUT2D eigenvalue weighted by molar-refractivity contribution is 5.16. The van der Waals surface area contributed by atoms with Crippen molar-refractivity contribution >= 4 is 0 Å². The minimum Gasteiger partial charge on any atom is -0.325 e. The SMILES string of the molecule is NC12C[C]3CC(CC(C3)C1)C2. The first-order valence-electron chi connectivity index (χ1n) is 4.86. The van der Waals surface area contributed by atoms with Crippen molar-refractivity contribution in [3.8, 4) is 0 Å². The molecule has 0 spiro atoms. The van der Waals surface area contributed by atoms with E-state index in [-0.39, 0.29) is 5.54 Å². The molecule has 2 N–H and O–H groups in total. The predicted octanol–water partition coefficient (Wildman–Crippen LogP) is 1.87. The third-order valence-electron chi connectivity index (χ3n) is 3.81. The molecule has 11 heavy (non-hydrogen) atoms. The zero-order chi connectivity index (χ0) is 7.47. The Balaban J connectivity index is 1.94. The van der Waals surface area contributed by atoms with Gasteiger partial charge in [-0.05, 0) is 56.3 Å². The van der Waals surface area contributed by atoms with Crippen LogP contribution >= 0.6 is 0 Å². The summed E-state index contributed by atoms with van der Waals surface area (Å²) in [5.41, 5.74) is 6.56. The van der Waals surface area contributed by atoms with Crippen LogP contribution in [0.1, 0.15) is 38.5 Å². The lowest BCUT2D eigenvalue weighted by atomic mass is 9.53. The maximum atomic E-state index is 6.30. The summed E-state index contributed by atoms with van der Waals surface area (Å²) >= 11 is 0. The van der Waals surface area contributed by atoms with Crippen LogP contribution in [-0.4, -0.2) is 5.54 Å². The standard InChI is InChI=1S/C10H16N/c11-10-4-7-1-8(5-10)3-9(2-7)6-10/h7-8H,1-6,11H2. The van der Waals surface area contributed by atoms with Gasteiger partial charge in [0.05, 0.1) is 0 Å². The summed E-state index contributed by atoms with van der Waals surface area (Å²) in [6.45, 7) is 0. The second-order valence-corrected chi connectivity index (χ2v) is 5.07. The van der Waals surface area contributed by atoms with Crippen molar-refractivity contribution in [3.63, 3.8) is 0 Å². The fraction of sp³-hybridized carbons (Fsp3) is 0.900. The minimum absolute atomic E-state index is 0.263. The molecule has 4 saturated carbocycles. The minimum atomic E-state index is 0.263. The van der Waals surface area contributed by atoms with Crippen LogP contribution in [0, 0.1) is 17.8 Å². The van der Waals surface area contributed by atoms with Gasteiger partial charge in [-0.15, -0.1) is 0 Å². The average molecular weight is 150 g/mol. The zero-order valence-corrected chi connectivity index (χ0v) is 6.97. The molecule has 0 aliphatic heterocycles. The molecule has 4 fully saturated rings. The Hall–Kier alpha value is -0.0400. The molecule has 4 bridgehead atoms. The molecule has 4 rings (SSSR count). The van der Waals surface area contributed by atoms with Crippen LogP contribution in [0.4, 0.5) is 0 Å². The second-order valence-electron chi connectivity index (χ2n) is 5.07. The Morgan fingerprint density at radius 3 is 2.27 bits per heavy atom. The van der Waals surface area contributed by atoms with E-state index in [1.54, 1.807) is 5.92 Å². The molecule has 0 saturated heterocycles. The molecule has 2 unspecified atom stereocenters. The number of hydrogen-bond acceptors (Lipinski definition) is 1. The Morgan fingerprint density at radius 2 is 1.82 bits per heavy atom. The Morgan fingerprint density at radius 1 is 1.18 bits per heavy atom. The molecule has 1 nitrogen and oxygen atoms in total. The van der Waals surface area contributed by atoms with Crippen LogP contribution in [-0.2, 0) is 0 Å². The summed E-state index contributed by atoms with van der Waals surface area (Å²) in [6.07, 6.45) is 8.26. The van der Waals surface area contributed by atoms with E-state index in [9.17, 15) is 0 Å². The van der Waals surface area contributed by atoms with Gasteiger partial charge < -0.3 is 5.73 Å². The van der Waals surface area contributed by atoms with E-state index >= 15 is 0 Å². The molecule has 4 aliphatic rings. The molecule has 0 aromatic carbocycles. The Bertz CT molecular complexity index is 150. The average Bonchev–Trinajstić information content (AvgIpc) is 1.79. The van der Waals surface area contributed by atoms with Crippen molar-refractivity contribution < 1.29 is 0 Å². The molecule has 1 radical (unpaired) electrons. The lowest BCUT2D eigenvalue weighted by molar-refractivity contribution is 0.0675. The van der Waals surface area contributed by atoms with Crippen LogP contribution in [0.15, 0.2) is 0 Å². The maximum Gasteiger partial charge on any atom is 0.0165 e. The smallest absolute Gasteiger partial charge is 0.0165 e. The third kappa shape index (κ3) is 0.868. The van der Waals surface area contributed by atoms with Crippen LogP contribution < -0.4 is 5.73 Å². The van der Waals surface area contributed by atoms with Crippen molar-refractivity contribution in [3.05, 3.63) is 5.92 Å². The monoisotopic (exact) mass is 150 g/mol.